The molecule has 9 heteroatoms. The van der Waals surface area contributed by atoms with Crippen LogP contribution in [0.15, 0.2) is 42.5 Å². The van der Waals surface area contributed by atoms with Gasteiger partial charge in [-0.1, -0.05) is 26.0 Å². The number of fused-ring (bicyclic) bond motifs is 5. The van der Waals surface area contributed by atoms with E-state index in [1.54, 1.807) is 19.9 Å². The van der Waals surface area contributed by atoms with Crippen molar-refractivity contribution < 1.29 is 8.78 Å². The third kappa shape index (κ3) is 3.11. The molecule has 0 spiro atoms. The molecule has 3 aromatic heterocycles. The average molecular weight is 498 g/mol. The number of halogens is 2. The van der Waals surface area contributed by atoms with Crippen molar-refractivity contribution in [2.24, 2.45) is 5.41 Å². The first-order valence-electron chi connectivity index (χ1n) is 12.2. The third-order valence-corrected chi connectivity index (χ3v) is 8.35. The van der Waals surface area contributed by atoms with Crippen LogP contribution in [-0.2, 0) is 10.8 Å². The SMILES string of the molecule is CC(C)(C#N)c1n[nH]c(-c2cccc([C@]34CC[C@@H](c5cc(-c6c(F)cccc6F)nnc53)C4(C)C)n2)n1. The van der Waals surface area contributed by atoms with E-state index in [1.165, 1.54) is 18.2 Å². The van der Waals surface area contributed by atoms with Crippen LogP contribution in [0, 0.1) is 28.4 Å². The maximum Gasteiger partial charge on any atom is 0.174 e. The summed E-state index contributed by atoms with van der Waals surface area (Å²) in [6.07, 6.45) is 1.74. The molecule has 2 bridgehead atoms. The fraction of sp³-hybridized carbons (Fsp3) is 0.357. The first-order valence-corrected chi connectivity index (χ1v) is 12.2. The van der Waals surface area contributed by atoms with Crippen LogP contribution in [0.4, 0.5) is 8.78 Å². The molecule has 3 heterocycles. The second-order valence-electron chi connectivity index (χ2n) is 11.0. The molecular formula is C28H25F2N7. The lowest BCUT2D eigenvalue weighted by molar-refractivity contribution is 0.243. The number of aromatic nitrogens is 6. The summed E-state index contributed by atoms with van der Waals surface area (Å²) in [7, 11) is 0. The zero-order valence-electron chi connectivity index (χ0n) is 21.0. The predicted octanol–water partition coefficient (Wildman–Crippen LogP) is 5.61. The Hall–Kier alpha value is -4.06. The van der Waals surface area contributed by atoms with Gasteiger partial charge in [0, 0.05) is 0 Å². The zero-order valence-corrected chi connectivity index (χ0v) is 21.0. The van der Waals surface area contributed by atoms with Gasteiger partial charge in [-0.3, -0.25) is 5.10 Å². The predicted molar refractivity (Wildman–Crippen MR) is 132 cm³/mol. The van der Waals surface area contributed by atoms with E-state index in [4.69, 9.17) is 4.98 Å². The smallest absolute Gasteiger partial charge is 0.174 e. The van der Waals surface area contributed by atoms with Crippen LogP contribution in [0.3, 0.4) is 0 Å². The summed E-state index contributed by atoms with van der Waals surface area (Å²) < 4.78 is 29.0. The molecule has 0 unspecified atom stereocenters. The van der Waals surface area contributed by atoms with Gasteiger partial charge in [0.15, 0.2) is 11.6 Å². The van der Waals surface area contributed by atoms with E-state index >= 15 is 0 Å². The van der Waals surface area contributed by atoms with Crippen LogP contribution in [0.25, 0.3) is 22.8 Å². The molecule has 1 N–H and O–H groups in total. The van der Waals surface area contributed by atoms with Crippen molar-refractivity contribution in [2.75, 3.05) is 0 Å². The van der Waals surface area contributed by atoms with Gasteiger partial charge in [0.25, 0.3) is 0 Å². The van der Waals surface area contributed by atoms with E-state index in [9.17, 15) is 14.0 Å². The van der Waals surface area contributed by atoms with E-state index in [-0.39, 0.29) is 22.6 Å². The molecule has 186 valence electrons. The van der Waals surface area contributed by atoms with Crippen LogP contribution in [0.5, 0.6) is 0 Å². The van der Waals surface area contributed by atoms with E-state index in [0.29, 0.717) is 17.3 Å². The molecule has 0 amide bonds. The van der Waals surface area contributed by atoms with Gasteiger partial charge in [0.05, 0.1) is 34.1 Å². The van der Waals surface area contributed by atoms with Gasteiger partial charge in [-0.25, -0.2) is 18.7 Å². The lowest BCUT2D eigenvalue weighted by Gasteiger charge is -2.37. The minimum atomic E-state index is -0.832. The number of H-pyrrole nitrogens is 1. The fourth-order valence-corrected chi connectivity index (χ4v) is 6.27. The van der Waals surface area contributed by atoms with Crippen molar-refractivity contribution in [3.8, 4) is 28.8 Å². The molecule has 2 atom stereocenters. The molecule has 2 aliphatic rings. The number of hydrogen-bond acceptors (Lipinski definition) is 6. The van der Waals surface area contributed by atoms with Crippen molar-refractivity contribution >= 4 is 0 Å². The van der Waals surface area contributed by atoms with Gasteiger partial charge < -0.3 is 0 Å². The van der Waals surface area contributed by atoms with Gasteiger partial charge in [0.2, 0.25) is 0 Å². The van der Waals surface area contributed by atoms with Crippen molar-refractivity contribution in [1.29, 1.82) is 5.26 Å². The van der Waals surface area contributed by atoms with Crippen LogP contribution >= 0.6 is 0 Å². The number of nitrogens with zero attached hydrogens (tertiary/aromatic N) is 6. The second kappa shape index (κ2) is 7.72. The highest BCUT2D eigenvalue weighted by Gasteiger charge is 2.65. The molecule has 1 aromatic carbocycles. The Bertz CT molecular complexity index is 1580. The highest BCUT2D eigenvalue weighted by molar-refractivity contribution is 5.64. The normalized spacial score (nSPS) is 21.6. The van der Waals surface area contributed by atoms with Crippen molar-refractivity contribution in [1.82, 2.24) is 30.4 Å². The third-order valence-electron chi connectivity index (χ3n) is 8.35. The van der Waals surface area contributed by atoms with E-state index < -0.39 is 22.5 Å². The molecule has 1 saturated carbocycles. The maximum absolute atomic E-state index is 14.5. The topological polar surface area (TPSA) is 104 Å². The molecule has 0 radical (unpaired) electrons. The first kappa shape index (κ1) is 23.3. The van der Waals surface area contributed by atoms with Gasteiger partial charge in [-0.2, -0.15) is 15.5 Å². The summed E-state index contributed by atoms with van der Waals surface area (Å²) >= 11 is 0. The highest BCUT2D eigenvalue weighted by Crippen LogP contribution is 2.69. The van der Waals surface area contributed by atoms with Crippen LogP contribution in [0.2, 0.25) is 0 Å². The Balaban J connectivity index is 1.47. The molecule has 6 rings (SSSR count). The molecule has 1 fully saturated rings. The summed E-state index contributed by atoms with van der Waals surface area (Å²) in [5.74, 6) is -0.288. The summed E-state index contributed by atoms with van der Waals surface area (Å²) in [4.78, 5) is 9.56. The quantitative estimate of drug-likeness (QED) is 0.393. The number of benzene rings is 1. The Labute approximate surface area is 213 Å². The van der Waals surface area contributed by atoms with E-state index in [1.807, 2.05) is 18.2 Å². The second-order valence-corrected chi connectivity index (χ2v) is 11.0. The Kier molecular flexibility index (Phi) is 4.87. The molecule has 0 aliphatic heterocycles. The number of nitriles is 1. The van der Waals surface area contributed by atoms with Crippen molar-refractivity contribution in [2.45, 2.75) is 57.3 Å². The largest absolute Gasteiger partial charge is 0.258 e. The van der Waals surface area contributed by atoms with E-state index in [0.717, 1.165) is 29.8 Å². The van der Waals surface area contributed by atoms with Gasteiger partial charge in [-0.05, 0) is 73.9 Å². The number of nitrogens with one attached hydrogen (secondary N) is 1. The Morgan fingerprint density at radius 1 is 1.03 bits per heavy atom. The summed E-state index contributed by atoms with van der Waals surface area (Å²) in [6.45, 7) is 7.93. The van der Waals surface area contributed by atoms with Crippen LogP contribution in [0.1, 0.15) is 69.2 Å². The standard InChI is InChI=1S/C28H25F2N7/c1-26(2,14-31)25-33-24(36-37-25)19-9-6-10-21(32-19)28-12-11-16(27(28,3)4)15-13-20(34-35-23(15)28)22-17(29)7-5-8-18(22)30/h5-10,13,16H,11-12H2,1-4H3,(H,33,36,37)/t16-,28+/m0/s1. The molecule has 0 saturated heterocycles. The Morgan fingerprint density at radius 2 is 1.76 bits per heavy atom. The number of rotatable bonds is 4. The molecule has 2 aliphatic carbocycles. The molecule has 4 aromatic rings. The maximum atomic E-state index is 14.5. The molecule has 37 heavy (non-hydrogen) atoms. The zero-order chi connectivity index (χ0) is 26.2. The lowest BCUT2D eigenvalue weighted by atomic mass is 9.66. The molecule has 7 nitrogen and oxygen atoms in total. The van der Waals surface area contributed by atoms with Crippen LogP contribution in [-0.4, -0.2) is 30.4 Å². The van der Waals surface area contributed by atoms with Crippen molar-refractivity contribution in [3.05, 3.63) is 76.9 Å². The Morgan fingerprint density at radius 3 is 2.49 bits per heavy atom. The van der Waals surface area contributed by atoms with Crippen LogP contribution < -0.4 is 0 Å². The average Bonchev–Trinajstić information content (AvgIpc) is 3.53. The lowest BCUT2D eigenvalue weighted by Crippen LogP contribution is -2.37. The minimum Gasteiger partial charge on any atom is -0.258 e. The van der Waals surface area contributed by atoms with Gasteiger partial charge in [-0.15, -0.1) is 5.10 Å². The summed E-state index contributed by atoms with van der Waals surface area (Å²) in [6, 6.07) is 13.6. The monoisotopic (exact) mass is 497 g/mol. The number of hydrogen-bond donors (Lipinski definition) is 1. The first-order chi connectivity index (χ1) is 17.6. The van der Waals surface area contributed by atoms with Gasteiger partial charge >= 0.3 is 0 Å². The highest BCUT2D eigenvalue weighted by atomic mass is 19.1. The summed E-state index contributed by atoms with van der Waals surface area (Å²) in [5.41, 5.74) is 1.67. The number of aromatic amines is 1. The van der Waals surface area contributed by atoms with E-state index in [2.05, 4.69) is 45.3 Å². The summed E-state index contributed by atoms with van der Waals surface area (Å²) in [5, 5.41) is 25.5. The molecular weight excluding hydrogens is 472 g/mol. The van der Waals surface area contributed by atoms with Crippen molar-refractivity contribution in [3.63, 3.8) is 0 Å². The number of pyridine rings is 1. The fourth-order valence-electron chi connectivity index (χ4n) is 6.27. The minimum absolute atomic E-state index is 0.144. The van der Waals surface area contributed by atoms with Gasteiger partial charge in [0.1, 0.15) is 22.7 Å².